The van der Waals surface area contributed by atoms with Crippen molar-refractivity contribution in [2.24, 2.45) is 5.73 Å². The molecule has 7 nitrogen and oxygen atoms in total. The number of nitrogens with one attached hydrogen (secondary N) is 1. The Kier molecular flexibility index (Phi) is 4.21. The van der Waals surface area contributed by atoms with E-state index >= 15 is 0 Å². The first-order valence-corrected chi connectivity index (χ1v) is 6.93. The second-order valence-electron chi connectivity index (χ2n) is 4.91. The quantitative estimate of drug-likeness (QED) is 0.755. The van der Waals surface area contributed by atoms with Crippen LogP contribution in [0.3, 0.4) is 0 Å². The van der Waals surface area contributed by atoms with Gasteiger partial charge in [0.15, 0.2) is 0 Å². The second kappa shape index (κ2) is 6.48. The van der Waals surface area contributed by atoms with Crippen molar-refractivity contribution in [1.82, 2.24) is 10.1 Å². The summed E-state index contributed by atoms with van der Waals surface area (Å²) in [6, 6.07) is 5.58. The summed E-state index contributed by atoms with van der Waals surface area (Å²) in [6.07, 6.45) is 2.95. The Balaban J connectivity index is 1.97. The van der Waals surface area contributed by atoms with Crippen LogP contribution in [0, 0.1) is 11.6 Å². The monoisotopic (exact) mass is 344 g/mol. The number of carbonyl (C=O) groups is 2. The lowest BCUT2D eigenvalue weighted by Crippen LogP contribution is -2.18. The molecule has 0 aliphatic rings. The highest BCUT2D eigenvalue weighted by atomic mass is 19.1. The molecular weight excluding hydrogens is 334 g/mol. The summed E-state index contributed by atoms with van der Waals surface area (Å²) < 4.78 is 31.6. The number of nitrogens with zero attached hydrogens (tertiary/aromatic N) is 2. The lowest BCUT2D eigenvalue weighted by Gasteiger charge is -2.04. The number of hydrogen-bond donors (Lipinski definition) is 2. The Morgan fingerprint density at radius 1 is 1.12 bits per heavy atom. The molecule has 2 heterocycles. The first kappa shape index (κ1) is 16.2. The lowest BCUT2D eigenvalue weighted by atomic mass is 10.1. The Morgan fingerprint density at radius 2 is 1.84 bits per heavy atom. The number of nitrogens with two attached hydrogens (primary N) is 1. The molecule has 0 atom stereocenters. The highest BCUT2D eigenvalue weighted by Crippen LogP contribution is 2.28. The van der Waals surface area contributed by atoms with Crippen LogP contribution in [0.4, 0.5) is 14.7 Å². The number of amides is 2. The van der Waals surface area contributed by atoms with Crippen LogP contribution in [-0.2, 0) is 0 Å². The van der Waals surface area contributed by atoms with Gasteiger partial charge in [-0.2, -0.15) is 0 Å². The van der Waals surface area contributed by atoms with Crippen LogP contribution in [0.15, 0.2) is 47.2 Å². The maximum atomic E-state index is 13.7. The number of rotatable bonds is 4. The van der Waals surface area contributed by atoms with E-state index in [0.717, 1.165) is 12.1 Å². The number of hydrogen-bond acceptors (Lipinski definition) is 5. The van der Waals surface area contributed by atoms with Gasteiger partial charge in [0.25, 0.3) is 11.8 Å². The van der Waals surface area contributed by atoms with Gasteiger partial charge in [-0.3, -0.25) is 19.9 Å². The van der Waals surface area contributed by atoms with Crippen LogP contribution in [0.25, 0.3) is 11.3 Å². The molecule has 0 unspecified atom stereocenters. The fraction of sp³-hybridized carbons (Fsp3) is 0. The summed E-state index contributed by atoms with van der Waals surface area (Å²) in [5, 5.41) is 5.93. The molecular formula is C16H10F2N4O3. The predicted octanol–water partition coefficient (Wildman–Crippen LogP) is 2.37. The molecule has 0 aliphatic carbocycles. The van der Waals surface area contributed by atoms with Gasteiger partial charge in [0.2, 0.25) is 5.88 Å². The number of benzene rings is 1. The van der Waals surface area contributed by atoms with E-state index in [-0.39, 0.29) is 17.1 Å². The van der Waals surface area contributed by atoms with Crippen molar-refractivity contribution >= 4 is 17.7 Å². The number of carbonyl (C=O) groups excluding carboxylic acids is 2. The maximum Gasteiger partial charge on any atom is 0.261 e. The first-order valence-electron chi connectivity index (χ1n) is 6.93. The molecule has 2 aromatic heterocycles. The number of aromatic nitrogens is 2. The minimum atomic E-state index is -1.06. The van der Waals surface area contributed by atoms with E-state index in [9.17, 15) is 18.4 Å². The van der Waals surface area contributed by atoms with Gasteiger partial charge in [0.1, 0.15) is 22.9 Å². The molecule has 0 aliphatic heterocycles. The van der Waals surface area contributed by atoms with Crippen LogP contribution in [0.5, 0.6) is 0 Å². The van der Waals surface area contributed by atoms with Gasteiger partial charge >= 0.3 is 0 Å². The summed E-state index contributed by atoms with van der Waals surface area (Å²) in [6.45, 7) is 0. The number of anilines is 1. The topological polar surface area (TPSA) is 111 Å². The molecule has 3 rings (SSSR count). The van der Waals surface area contributed by atoms with E-state index in [1.165, 1.54) is 12.4 Å². The van der Waals surface area contributed by atoms with Crippen molar-refractivity contribution in [1.29, 1.82) is 0 Å². The third-order valence-electron chi connectivity index (χ3n) is 3.30. The van der Waals surface area contributed by atoms with Crippen molar-refractivity contribution in [3.8, 4) is 11.3 Å². The molecule has 0 saturated carbocycles. The van der Waals surface area contributed by atoms with Crippen molar-refractivity contribution in [3.63, 3.8) is 0 Å². The molecule has 126 valence electrons. The molecule has 25 heavy (non-hydrogen) atoms. The van der Waals surface area contributed by atoms with E-state index in [1.54, 1.807) is 12.1 Å². The predicted molar refractivity (Wildman–Crippen MR) is 82.6 cm³/mol. The van der Waals surface area contributed by atoms with Crippen molar-refractivity contribution in [2.45, 2.75) is 0 Å². The summed E-state index contributed by atoms with van der Waals surface area (Å²) in [5.74, 6) is -4.08. The van der Waals surface area contributed by atoms with Crippen LogP contribution >= 0.6 is 0 Å². The maximum absolute atomic E-state index is 13.7. The summed E-state index contributed by atoms with van der Waals surface area (Å²) in [4.78, 5) is 27.7. The average Bonchev–Trinajstić information content (AvgIpc) is 2.99. The average molecular weight is 344 g/mol. The lowest BCUT2D eigenvalue weighted by molar-refractivity contribution is 0.100. The zero-order valence-electron chi connectivity index (χ0n) is 12.5. The number of pyridine rings is 1. The van der Waals surface area contributed by atoms with Crippen LogP contribution in [0.2, 0.25) is 0 Å². The van der Waals surface area contributed by atoms with Gasteiger partial charge in [0.05, 0.1) is 5.56 Å². The van der Waals surface area contributed by atoms with E-state index < -0.39 is 29.0 Å². The Labute approximate surface area is 139 Å². The van der Waals surface area contributed by atoms with Crippen LogP contribution in [-0.4, -0.2) is 22.0 Å². The van der Waals surface area contributed by atoms with Gasteiger partial charge in [0, 0.05) is 24.0 Å². The second-order valence-corrected chi connectivity index (χ2v) is 4.91. The first-order chi connectivity index (χ1) is 12.0. The molecule has 0 spiro atoms. The fourth-order valence-corrected chi connectivity index (χ4v) is 2.15. The van der Waals surface area contributed by atoms with Crippen molar-refractivity contribution in [2.75, 3.05) is 5.32 Å². The van der Waals surface area contributed by atoms with Crippen LogP contribution < -0.4 is 11.1 Å². The third kappa shape index (κ3) is 3.20. The molecule has 2 amide bonds. The Bertz CT molecular complexity index is 957. The van der Waals surface area contributed by atoms with Crippen LogP contribution in [0.1, 0.15) is 20.7 Å². The number of halogens is 2. The van der Waals surface area contributed by atoms with Gasteiger partial charge in [-0.05, 0) is 24.3 Å². The Morgan fingerprint density at radius 3 is 2.48 bits per heavy atom. The normalized spacial score (nSPS) is 10.5. The van der Waals surface area contributed by atoms with E-state index in [0.29, 0.717) is 11.6 Å². The summed E-state index contributed by atoms with van der Waals surface area (Å²) in [5.41, 5.74) is 5.31. The fourth-order valence-electron chi connectivity index (χ4n) is 2.15. The van der Waals surface area contributed by atoms with E-state index in [1.807, 2.05) is 0 Å². The van der Waals surface area contributed by atoms with Gasteiger partial charge < -0.3 is 10.3 Å². The molecule has 9 heteroatoms. The van der Waals surface area contributed by atoms with Gasteiger partial charge in [-0.15, -0.1) is 0 Å². The highest BCUT2D eigenvalue weighted by molar-refractivity contribution is 6.09. The zero-order chi connectivity index (χ0) is 18.0. The zero-order valence-corrected chi connectivity index (χ0v) is 12.5. The largest absolute Gasteiger partial charge is 0.365 e. The van der Waals surface area contributed by atoms with E-state index in [4.69, 9.17) is 10.3 Å². The molecule has 0 saturated heterocycles. The SMILES string of the molecule is NC(=O)c1c(-c2ccncc2)noc1NC(=O)c1ccc(F)cc1F. The smallest absolute Gasteiger partial charge is 0.261 e. The molecule has 3 N–H and O–H groups in total. The van der Waals surface area contributed by atoms with Crippen molar-refractivity contribution < 1.29 is 22.9 Å². The molecule has 0 bridgehead atoms. The third-order valence-corrected chi connectivity index (χ3v) is 3.30. The summed E-state index contributed by atoms with van der Waals surface area (Å²) >= 11 is 0. The number of primary amides is 1. The van der Waals surface area contributed by atoms with Crippen molar-refractivity contribution in [3.05, 3.63) is 65.5 Å². The van der Waals surface area contributed by atoms with Gasteiger partial charge in [-0.1, -0.05) is 5.16 Å². The summed E-state index contributed by atoms with van der Waals surface area (Å²) in [7, 11) is 0. The molecule has 1 aromatic carbocycles. The standard InChI is InChI=1S/C16H10F2N4O3/c17-9-1-2-10(11(18)7-9)15(24)21-16-12(14(19)23)13(22-25-16)8-3-5-20-6-4-8/h1-7H,(H2,19,23)(H,21,24). The molecule has 0 radical (unpaired) electrons. The molecule has 0 fully saturated rings. The Hall–Kier alpha value is -3.62. The molecule has 3 aromatic rings. The van der Waals surface area contributed by atoms with E-state index in [2.05, 4.69) is 15.5 Å². The minimum Gasteiger partial charge on any atom is -0.365 e. The minimum absolute atomic E-state index is 0.102. The highest BCUT2D eigenvalue weighted by Gasteiger charge is 2.25. The van der Waals surface area contributed by atoms with Gasteiger partial charge in [-0.25, -0.2) is 8.78 Å².